The first-order valence-corrected chi connectivity index (χ1v) is 13.2. The van der Waals surface area contributed by atoms with Crippen LogP contribution in [-0.2, 0) is 4.79 Å². The van der Waals surface area contributed by atoms with Gasteiger partial charge in [-0.2, -0.15) is 0 Å². The van der Waals surface area contributed by atoms with Gasteiger partial charge in [0, 0.05) is 10.6 Å². The predicted octanol–water partition coefficient (Wildman–Crippen LogP) is 4.71. The summed E-state index contributed by atoms with van der Waals surface area (Å²) in [7, 11) is 1.59. The molecule has 176 valence electrons. The highest BCUT2D eigenvalue weighted by Gasteiger charge is 2.32. The van der Waals surface area contributed by atoms with E-state index in [1.165, 1.54) is 11.3 Å². The van der Waals surface area contributed by atoms with Gasteiger partial charge in [-0.1, -0.05) is 41.7 Å². The van der Waals surface area contributed by atoms with E-state index >= 15 is 0 Å². The molecule has 0 spiro atoms. The quantitative estimate of drug-likeness (QED) is 0.381. The van der Waals surface area contributed by atoms with Gasteiger partial charge in [-0.25, -0.2) is 4.99 Å². The van der Waals surface area contributed by atoms with Gasteiger partial charge in [-0.3, -0.25) is 14.2 Å². The Balaban J connectivity index is 1.69. The number of aromatic nitrogens is 1. The zero-order valence-electron chi connectivity index (χ0n) is 18.8. The topological polar surface area (TPSA) is 72.7 Å². The fourth-order valence-electron chi connectivity index (χ4n) is 3.99. The molecule has 0 saturated carbocycles. The number of nitrogens with one attached hydrogen (secondary N) is 1. The van der Waals surface area contributed by atoms with Crippen LogP contribution in [0.15, 0.2) is 91.6 Å². The fourth-order valence-corrected chi connectivity index (χ4v) is 6.47. The molecule has 2 aromatic heterocycles. The van der Waals surface area contributed by atoms with E-state index in [-0.39, 0.29) is 11.5 Å². The molecule has 1 N–H and O–H groups in total. The Morgan fingerprint density at radius 2 is 1.91 bits per heavy atom. The van der Waals surface area contributed by atoms with Crippen molar-refractivity contribution in [2.45, 2.75) is 13.0 Å². The number of carbonyl (C=O) groups excluding carboxylic acids is 1. The maximum atomic E-state index is 13.7. The van der Waals surface area contributed by atoms with Crippen molar-refractivity contribution in [1.82, 2.24) is 4.57 Å². The molecule has 4 aromatic rings. The Kier molecular flexibility index (Phi) is 6.55. The molecule has 0 saturated heterocycles. The van der Waals surface area contributed by atoms with Crippen LogP contribution in [0.5, 0.6) is 5.75 Å². The highest BCUT2D eigenvalue weighted by molar-refractivity contribution is 9.11. The Bertz CT molecular complexity index is 1630. The van der Waals surface area contributed by atoms with Crippen molar-refractivity contribution in [1.29, 1.82) is 0 Å². The number of methoxy groups -OCH3 is 1. The van der Waals surface area contributed by atoms with E-state index in [0.717, 1.165) is 14.2 Å². The van der Waals surface area contributed by atoms with E-state index in [9.17, 15) is 9.59 Å². The van der Waals surface area contributed by atoms with E-state index in [1.54, 1.807) is 29.9 Å². The summed E-state index contributed by atoms with van der Waals surface area (Å²) in [5.41, 5.74) is 2.23. The number of para-hydroxylation sites is 1. The van der Waals surface area contributed by atoms with E-state index in [2.05, 4.69) is 26.2 Å². The van der Waals surface area contributed by atoms with Crippen molar-refractivity contribution in [3.63, 3.8) is 0 Å². The minimum absolute atomic E-state index is 0.191. The molecule has 1 aliphatic rings. The van der Waals surface area contributed by atoms with Crippen molar-refractivity contribution >= 4 is 56.3 Å². The second-order valence-corrected chi connectivity index (χ2v) is 11.3. The number of hydrogen-bond acceptors (Lipinski definition) is 6. The second-order valence-electron chi connectivity index (χ2n) is 7.82. The second kappa shape index (κ2) is 9.77. The van der Waals surface area contributed by atoms with Crippen molar-refractivity contribution in [3.8, 4) is 5.75 Å². The Hall–Kier alpha value is -3.27. The molecule has 3 heterocycles. The molecule has 1 aliphatic heterocycles. The minimum Gasteiger partial charge on any atom is -0.497 e. The van der Waals surface area contributed by atoms with Crippen molar-refractivity contribution in [2.24, 2.45) is 4.99 Å². The summed E-state index contributed by atoms with van der Waals surface area (Å²) in [5.74, 6) is 0.340. The van der Waals surface area contributed by atoms with Crippen LogP contribution >= 0.6 is 38.6 Å². The van der Waals surface area contributed by atoms with Gasteiger partial charge in [0.05, 0.1) is 32.7 Å². The molecular weight excluding hydrogens is 546 g/mol. The Labute approximate surface area is 217 Å². The molecule has 1 amide bonds. The maximum Gasteiger partial charge on any atom is 0.271 e. The maximum absolute atomic E-state index is 13.7. The van der Waals surface area contributed by atoms with Crippen molar-refractivity contribution in [3.05, 3.63) is 112 Å². The van der Waals surface area contributed by atoms with Gasteiger partial charge >= 0.3 is 0 Å². The smallest absolute Gasteiger partial charge is 0.271 e. The molecule has 0 unspecified atom stereocenters. The number of hydrogen-bond donors (Lipinski definition) is 1. The Morgan fingerprint density at radius 3 is 2.63 bits per heavy atom. The highest BCUT2D eigenvalue weighted by Crippen LogP contribution is 2.32. The number of amides is 1. The lowest BCUT2D eigenvalue weighted by Crippen LogP contribution is -2.40. The third kappa shape index (κ3) is 4.67. The van der Waals surface area contributed by atoms with Crippen molar-refractivity contribution in [2.75, 3.05) is 12.4 Å². The van der Waals surface area contributed by atoms with Crippen LogP contribution in [0.25, 0.3) is 6.08 Å². The zero-order valence-corrected chi connectivity index (χ0v) is 22.0. The van der Waals surface area contributed by atoms with Gasteiger partial charge in [0.15, 0.2) is 4.80 Å². The summed E-state index contributed by atoms with van der Waals surface area (Å²) in [6, 6.07) is 19.9. The number of benzene rings is 2. The number of allylic oxidation sites excluding steroid dienone is 1. The number of carbonyl (C=O) groups is 1. The molecule has 5 rings (SSSR count). The summed E-state index contributed by atoms with van der Waals surface area (Å²) in [4.78, 5) is 33.4. The number of fused-ring (bicyclic) bond motifs is 1. The van der Waals surface area contributed by atoms with Crippen LogP contribution in [0.3, 0.4) is 0 Å². The van der Waals surface area contributed by atoms with Crippen LogP contribution < -0.4 is 24.9 Å². The molecule has 35 heavy (non-hydrogen) atoms. The molecule has 0 fully saturated rings. The van der Waals surface area contributed by atoms with Crippen LogP contribution in [0.1, 0.15) is 23.4 Å². The monoisotopic (exact) mass is 565 g/mol. The average Bonchev–Trinajstić information content (AvgIpc) is 3.40. The van der Waals surface area contributed by atoms with Gasteiger partial charge in [0.25, 0.3) is 11.5 Å². The van der Waals surface area contributed by atoms with E-state index in [0.29, 0.717) is 32.0 Å². The third-order valence-electron chi connectivity index (χ3n) is 5.57. The molecule has 9 heteroatoms. The first-order valence-electron chi connectivity index (χ1n) is 10.7. The number of thiophene rings is 1. The summed E-state index contributed by atoms with van der Waals surface area (Å²) in [6.07, 6.45) is 1.87. The number of halogens is 1. The van der Waals surface area contributed by atoms with Crippen molar-refractivity contribution < 1.29 is 9.53 Å². The highest BCUT2D eigenvalue weighted by atomic mass is 79.9. The number of rotatable bonds is 5. The molecule has 1 atom stereocenters. The molecule has 0 aliphatic carbocycles. The zero-order chi connectivity index (χ0) is 24.5. The normalized spacial score (nSPS) is 15.5. The van der Waals surface area contributed by atoms with Gasteiger partial charge < -0.3 is 10.1 Å². The fraction of sp³-hybridized carbons (Fsp3) is 0.115. The van der Waals surface area contributed by atoms with Crippen LogP contribution in [-0.4, -0.2) is 17.6 Å². The minimum atomic E-state index is -0.651. The SMILES string of the molecule is COc1cccc([C@H]2C(C(=O)Nc3ccccc3)=C(C)N=c3s/c(=C/c4ccc(Br)s4)c(=O)n32)c1. The largest absolute Gasteiger partial charge is 0.497 e. The van der Waals surface area contributed by atoms with Crippen LogP contribution in [0.2, 0.25) is 0 Å². The van der Waals surface area contributed by atoms with E-state index in [1.807, 2.05) is 72.8 Å². The average molecular weight is 567 g/mol. The van der Waals surface area contributed by atoms with Crippen LogP contribution in [0.4, 0.5) is 5.69 Å². The summed E-state index contributed by atoms with van der Waals surface area (Å²) < 4.78 is 8.59. The van der Waals surface area contributed by atoms with E-state index in [4.69, 9.17) is 4.74 Å². The third-order valence-corrected chi connectivity index (χ3v) is 8.13. The van der Waals surface area contributed by atoms with Crippen LogP contribution in [0, 0.1) is 0 Å². The molecule has 6 nitrogen and oxygen atoms in total. The first-order chi connectivity index (χ1) is 16.9. The van der Waals surface area contributed by atoms with Gasteiger partial charge in [-0.05, 0) is 70.9 Å². The van der Waals surface area contributed by atoms with Gasteiger partial charge in [0.1, 0.15) is 5.75 Å². The van der Waals surface area contributed by atoms with E-state index < -0.39 is 6.04 Å². The lowest BCUT2D eigenvalue weighted by atomic mass is 9.95. The number of thiazole rings is 1. The molecule has 0 bridgehead atoms. The van der Waals surface area contributed by atoms with Gasteiger partial charge in [0.2, 0.25) is 0 Å². The lowest BCUT2D eigenvalue weighted by molar-refractivity contribution is -0.113. The predicted molar refractivity (Wildman–Crippen MR) is 144 cm³/mol. The summed E-state index contributed by atoms with van der Waals surface area (Å²) in [6.45, 7) is 1.81. The number of ether oxygens (including phenoxy) is 1. The summed E-state index contributed by atoms with van der Waals surface area (Å²) >= 11 is 6.33. The Morgan fingerprint density at radius 1 is 1.11 bits per heavy atom. The molecule has 0 radical (unpaired) electrons. The first kappa shape index (κ1) is 23.5. The number of nitrogens with zero attached hydrogens (tertiary/aromatic N) is 2. The number of anilines is 1. The lowest BCUT2D eigenvalue weighted by Gasteiger charge is -2.25. The standard InChI is InChI=1S/C26H20BrN3O3S2/c1-15-22(24(31)29-17-8-4-3-5-9-17)23(16-7-6-10-18(13-16)33-2)30-25(32)20(35-26(30)28-15)14-19-11-12-21(27)34-19/h3-14,23H,1-2H3,(H,29,31)/b20-14+/t23-/m0/s1. The molecule has 2 aromatic carbocycles. The molecular formula is C26H20BrN3O3S2. The summed E-state index contributed by atoms with van der Waals surface area (Å²) in [5, 5.41) is 2.96. The van der Waals surface area contributed by atoms with Gasteiger partial charge in [-0.15, -0.1) is 11.3 Å².